The molecule has 1 aromatic carbocycles. The maximum Gasteiger partial charge on any atom is 0.223 e. The molecule has 1 unspecified atom stereocenters. The standard InChI is InChI=1S/C18H25N3O3/c1-13-7-14(2)9-16(8-13)24-6-5-17(22)19-12-18(3,23)15-10-20-21(4)11-15/h7-11,23H,5-6,12H2,1-4H3,(H,19,22). The molecule has 6 nitrogen and oxygen atoms in total. The van der Waals surface area contributed by atoms with Crippen molar-refractivity contribution in [2.24, 2.45) is 7.05 Å². The number of carbonyl (C=O) groups is 1. The van der Waals surface area contributed by atoms with Crippen LogP contribution in [0.25, 0.3) is 0 Å². The second kappa shape index (κ2) is 7.49. The van der Waals surface area contributed by atoms with Crippen molar-refractivity contribution in [2.45, 2.75) is 32.8 Å². The van der Waals surface area contributed by atoms with Crippen LogP contribution in [0.3, 0.4) is 0 Å². The first-order valence-electron chi connectivity index (χ1n) is 7.95. The Bertz CT molecular complexity index is 687. The van der Waals surface area contributed by atoms with E-state index in [9.17, 15) is 9.90 Å². The Labute approximate surface area is 142 Å². The molecule has 2 N–H and O–H groups in total. The van der Waals surface area contributed by atoms with Crippen LogP contribution in [0.1, 0.15) is 30.0 Å². The normalized spacial score (nSPS) is 13.4. The van der Waals surface area contributed by atoms with Crippen molar-refractivity contribution in [2.75, 3.05) is 13.2 Å². The Kier molecular flexibility index (Phi) is 5.62. The smallest absolute Gasteiger partial charge is 0.223 e. The zero-order valence-corrected chi connectivity index (χ0v) is 14.7. The second-order valence-electron chi connectivity index (χ2n) is 6.38. The summed E-state index contributed by atoms with van der Waals surface area (Å²) in [6, 6.07) is 5.95. The fourth-order valence-corrected chi connectivity index (χ4v) is 2.44. The topological polar surface area (TPSA) is 76.4 Å². The molecule has 0 aliphatic carbocycles. The number of hydrogen-bond acceptors (Lipinski definition) is 4. The lowest BCUT2D eigenvalue weighted by molar-refractivity contribution is -0.122. The number of hydrogen-bond donors (Lipinski definition) is 2. The molecular weight excluding hydrogens is 306 g/mol. The van der Waals surface area contributed by atoms with E-state index in [2.05, 4.69) is 16.5 Å². The highest BCUT2D eigenvalue weighted by molar-refractivity contribution is 5.76. The molecule has 0 radical (unpaired) electrons. The second-order valence-corrected chi connectivity index (χ2v) is 6.38. The largest absolute Gasteiger partial charge is 0.493 e. The van der Waals surface area contributed by atoms with Gasteiger partial charge in [0.25, 0.3) is 0 Å². The summed E-state index contributed by atoms with van der Waals surface area (Å²) in [5.41, 5.74) is 1.76. The molecule has 130 valence electrons. The Morgan fingerprint density at radius 1 is 1.33 bits per heavy atom. The molecular formula is C18H25N3O3. The van der Waals surface area contributed by atoms with E-state index in [1.54, 1.807) is 31.0 Å². The van der Waals surface area contributed by atoms with Crippen LogP contribution in [0.5, 0.6) is 5.75 Å². The third-order valence-corrected chi connectivity index (χ3v) is 3.75. The Hall–Kier alpha value is -2.34. The van der Waals surface area contributed by atoms with Gasteiger partial charge in [0.05, 0.1) is 25.8 Å². The number of carbonyl (C=O) groups excluding carboxylic acids is 1. The number of benzene rings is 1. The molecule has 2 aromatic rings. The monoisotopic (exact) mass is 331 g/mol. The van der Waals surface area contributed by atoms with Gasteiger partial charge in [-0.1, -0.05) is 6.07 Å². The van der Waals surface area contributed by atoms with Gasteiger partial charge in [-0.25, -0.2) is 0 Å². The summed E-state index contributed by atoms with van der Waals surface area (Å²) >= 11 is 0. The van der Waals surface area contributed by atoms with Crippen molar-refractivity contribution in [1.29, 1.82) is 0 Å². The van der Waals surface area contributed by atoms with Crippen LogP contribution in [0, 0.1) is 13.8 Å². The van der Waals surface area contributed by atoms with Crippen molar-refractivity contribution >= 4 is 5.91 Å². The SMILES string of the molecule is Cc1cc(C)cc(OCCC(=O)NCC(C)(O)c2cnn(C)c2)c1. The number of aryl methyl sites for hydroxylation is 3. The van der Waals surface area contributed by atoms with Gasteiger partial charge in [-0.3, -0.25) is 9.48 Å². The summed E-state index contributed by atoms with van der Waals surface area (Å²) in [6.45, 7) is 6.08. The van der Waals surface area contributed by atoms with Gasteiger partial charge in [-0.2, -0.15) is 5.10 Å². The van der Waals surface area contributed by atoms with Gasteiger partial charge in [0.1, 0.15) is 11.4 Å². The lowest BCUT2D eigenvalue weighted by Gasteiger charge is -2.22. The van der Waals surface area contributed by atoms with Crippen LogP contribution in [0.4, 0.5) is 0 Å². The van der Waals surface area contributed by atoms with Crippen LogP contribution in [-0.2, 0) is 17.4 Å². The van der Waals surface area contributed by atoms with E-state index in [1.165, 1.54) is 0 Å². The first-order chi connectivity index (χ1) is 11.3. The average molecular weight is 331 g/mol. The zero-order chi connectivity index (χ0) is 17.7. The molecule has 0 fully saturated rings. The van der Waals surface area contributed by atoms with E-state index in [4.69, 9.17) is 4.74 Å². The number of amides is 1. The van der Waals surface area contributed by atoms with Gasteiger partial charge in [0.2, 0.25) is 5.91 Å². The molecule has 6 heteroatoms. The molecule has 1 heterocycles. The molecule has 0 aliphatic rings. The van der Waals surface area contributed by atoms with Gasteiger partial charge in [0.15, 0.2) is 0 Å². The Morgan fingerprint density at radius 2 is 2.00 bits per heavy atom. The van der Waals surface area contributed by atoms with Gasteiger partial charge in [0, 0.05) is 18.8 Å². The lowest BCUT2D eigenvalue weighted by atomic mass is 10.00. The maximum atomic E-state index is 11.9. The number of nitrogens with one attached hydrogen (secondary N) is 1. The van der Waals surface area contributed by atoms with Crippen LogP contribution < -0.4 is 10.1 Å². The molecule has 0 spiro atoms. The number of nitrogens with zero attached hydrogens (tertiary/aromatic N) is 2. The minimum absolute atomic E-state index is 0.126. The van der Waals surface area contributed by atoms with Crippen molar-refractivity contribution in [3.05, 3.63) is 47.3 Å². The van der Waals surface area contributed by atoms with Crippen LogP contribution in [0.2, 0.25) is 0 Å². The minimum Gasteiger partial charge on any atom is -0.493 e. The van der Waals surface area contributed by atoms with Crippen molar-refractivity contribution in [3.63, 3.8) is 0 Å². The van der Waals surface area contributed by atoms with E-state index in [0.29, 0.717) is 12.2 Å². The number of aromatic nitrogens is 2. The van der Waals surface area contributed by atoms with Crippen molar-refractivity contribution in [3.8, 4) is 5.75 Å². The average Bonchev–Trinajstić information content (AvgIpc) is 2.92. The van der Waals surface area contributed by atoms with Gasteiger partial charge in [-0.05, 0) is 44.0 Å². The van der Waals surface area contributed by atoms with Crippen LogP contribution in [-0.4, -0.2) is 33.9 Å². The van der Waals surface area contributed by atoms with E-state index in [0.717, 1.165) is 16.9 Å². The first kappa shape index (κ1) is 18.0. The Morgan fingerprint density at radius 3 is 2.58 bits per heavy atom. The number of aliphatic hydroxyl groups is 1. The molecule has 1 atom stereocenters. The predicted octanol–water partition coefficient (Wildman–Crippen LogP) is 1.83. The summed E-state index contributed by atoms with van der Waals surface area (Å²) in [4.78, 5) is 11.9. The first-order valence-corrected chi connectivity index (χ1v) is 7.95. The summed E-state index contributed by atoms with van der Waals surface area (Å²) in [7, 11) is 1.78. The Balaban J connectivity index is 1.77. The van der Waals surface area contributed by atoms with Crippen molar-refractivity contribution in [1.82, 2.24) is 15.1 Å². The fraction of sp³-hybridized carbons (Fsp3) is 0.444. The summed E-state index contributed by atoms with van der Waals surface area (Å²) < 4.78 is 7.24. The zero-order valence-electron chi connectivity index (χ0n) is 14.7. The molecule has 24 heavy (non-hydrogen) atoms. The number of ether oxygens (including phenoxy) is 1. The fourth-order valence-electron chi connectivity index (χ4n) is 2.44. The van der Waals surface area contributed by atoms with Crippen LogP contribution in [0.15, 0.2) is 30.6 Å². The lowest BCUT2D eigenvalue weighted by Crippen LogP contribution is -2.38. The highest BCUT2D eigenvalue weighted by Crippen LogP contribution is 2.19. The van der Waals surface area contributed by atoms with E-state index < -0.39 is 5.60 Å². The van der Waals surface area contributed by atoms with Gasteiger partial charge in [-0.15, -0.1) is 0 Å². The van der Waals surface area contributed by atoms with E-state index in [-0.39, 0.29) is 18.9 Å². The number of rotatable bonds is 7. The highest BCUT2D eigenvalue weighted by atomic mass is 16.5. The van der Waals surface area contributed by atoms with E-state index in [1.807, 2.05) is 26.0 Å². The predicted molar refractivity (Wildman–Crippen MR) is 91.8 cm³/mol. The maximum absolute atomic E-state index is 11.9. The summed E-state index contributed by atoms with van der Waals surface area (Å²) in [5.74, 6) is 0.603. The third-order valence-electron chi connectivity index (χ3n) is 3.75. The summed E-state index contributed by atoms with van der Waals surface area (Å²) in [6.07, 6.45) is 3.56. The molecule has 1 aromatic heterocycles. The quantitative estimate of drug-likeness (QED) is 0.811. The van der Waals surface area contributed by atoms with Crippen LogP contribution >= 0.6 is 0 Å². The molecule has 0 aliphatic heterocycles. The van der Waals surface area contributed by atoms with Crippen molar-refractivity contribution < 1.29 is 14.6 Å². The van der Waals surface area contributed by atoms with Gasteiger partial charge >= 0.3 is 0 Å². The highest BCUT2D eigenvalue weighted by Gasteiger charge is 2.25. The summed E-state index contributed by atoms with van der Waals surface area (Å²) in [5, 5.41) is 17.2. The molecule has 1 amide bonds. The van der Waals surface area contributed by atoms with Gasteiger partial charge < -0.3 is 15.2 Å². The third kappa shape index (κ3) is 5.09. The molecule has 0 saturated heterocycles. The molecule has 0 saturated carbocycles. The molecule has 2 rings (SSSR count). The minimum atomic E-state index is -1.15. The van der Waals surface area contributed by atoms with E-state index >= 15 is 0 Å². The molecule has 0 bridgehead atoms.